The second kappa shape index (κ2) is 7.62. The van der Waals surface area contributed by atoms with Crippen LogP contribution in [0.4, 0.5) is 0 Å². The third-order valence-corrected chi connectivity index (χ3v) is 6.49. The number of ketones is 1. The highest BCUT2D eigenvalue weighted by atomic mass is 32.2. The van der Waals surface area contributed by atoms with Gasteiger partial charge in [-0.2, -0.15) is 0 Å². The smallest absolute Gasteiger partial charge is 0.192 e. The molecule has 0 aliphatic heterocycles. The van der Waals surface area contributed by atoms with Crippen LogP contribution in [0.1, 0.15) is 62.7 Å². The Bertz CT molecular complexity index is 645. The molecule has 2 aromatic heterocycles. The van der Waals surface area contributed by atoms with Gasteiger partial charge in [0.1, 0.15) is 11.6 Å². The van der Waals surface area contributed by atoms with E-state index in [0.29, 0.717) is 6.04 Å². The third-order valence-electron chi connectivity index (χ3n) is 4.44. The SMILES string of the molecule is CC(=O)C(C)Sc1nnc(Cc2cccs2)n1C1CCCCC1. The van der Waals surface area contributed by atoms with Crippen molar-refractivity contribution in [2.75, 3.05) is 0 Å². The van der Waals surface area contributed by atoms with Crippen molar-refractivity contribution in [2.45, 2.75) is 68.8 Å². The van der Waals surface area contributed by atoms with Crippen molar-refractivity contribution in [2.24, 2.45) is 0 Å². The lowest BCUT2D eigenvalue weighted by molar-refractivity contribution is -0.116. The molecule has 0 radical (unpaired) electrons. The van der Waals surface area contributed by atoms with Gasteiger partial charge < -0.3 is 4.57 Å². The van der Waals surface area contributed by atoms with Gasteiger partial charge in [0.15, 0.2) is 5.16 Å². The van der Waals surface area contributed by atoms with Crippen LogP contribution in [0.5, 0.6) is 0 Å². The summed E-state index contributed by atoms with van der Waals surface area (Å²) < 4.78 is 2.32. The summed E-state index contributed by atoms with van der Waals surface area (Å²) in [6.45, 7) is 3.59. The van der Waals surface area contributed by atoms with Crippen molar-refractivity contribution in [1.82, 2.24) is 14.8 Å². The fourth-order valence-corrected chi connectivity index (χ4v) is 4.66. The van der Waals surface area contributed by atoms with Crippen LogP contribution in [-0.4, -0.2) is 25.8 Å². The van der Waals surface area contributed by atoms with Gasteiger partial charge in [-0.15, -0.1) is 21.5 Å². The highest BCUT2D eigenvalue weighted by Crippen LogP contribution is 2.34. The van der Waals surface area contributed by atoms with Crippen LogP contribution in [0.15, 0.2) is 22.7 Å². The van der Waals surface area contributed by atoms with Crippen LogP contribution in [0.2, 0.25) is 0 Å². The number of hydrogen-bond donors (Lipinski definition) is 0. The zero-order chi connectivity index (χ0) is 16.2. The molecule has 1 aliphatic rings. The Morgan fingerprint density at radius 3 is 2.83 bits per heavy atom. The molecule has 0 N–H and O–H groups in total. The molecule has 2 heterocycles. The molecule has 0 aromatic carbocycles. The van der Waals surface area contributed by atoms with Crippen LogP contribution in [0.25, 0.3) is 0 Å². The number of rotatable bonds is 6. The lowest BCUT2D eigenvalue weighted by Crippen LogP contribution is -2.18. The van der Waals surface area contributed by atoms with E-state index in [1.165, 1.54) is 37.0 Å². The lowest BCUT2D eigenvalue weighted by atomic mass is 9.95. The van der Waals surface area contributed by atoms with E-state index in [9.17, 15) is 4.79 Å². The summed E-state index contributed by atoms with van der Waals surface area (Å²) in [5.74, 6) is 1.23. The highest BCUT2D eigenvalue weighted by Gasteiger charge is 2.25. The molecule has 1 atom stereocenters. The van der Waals surface area contributed by atoms with Gasteiger partial charge in [0.05, 0.1) is 5.25 Å². The number of Topliss-reactive ketones (excluding diaryl/α,β-unsaturated/α-hetero) is 1. The Labute approximate surface area is 145 Å². The quantitative estimate of drug-likeness (QED) is 0.720. The Balaban J connectivity index is 1.88. The van der Waals surface area contributed by atoms with E-state index in [0.717, 1.165) is 17.4 Å². The number of nitrogens with zero attached hydrogens (tertiary/aromatic N) is 3. The minimum absolute atomic E-state index is 0.0730. The summed E-state index contributed by atoms with van der Waals surface area (Å²) in [6.07, 6.45) is 7.08. The number of hydrogen-bond acceptors (Lipinski definition) is 5. The molecule has 1 unspecified atom stereocenters. The predicted molar refractivity (Wildman–Crippen MR) is 95.3 cm³/mol. The van der Waals surface area contributed by atoms with E-state index >= 15 is 0 Å². The van der Waals surface area contributed by atoms with E-state index in [2.05, 4.69) is 32.3 Å². The van der Waals surface area contributed by atoms with Gasteiger partial charge >= 0.3 is 0 Å². The van der Waals surface area contributed by atoms with E-state index in [1.807, 2.05) is 6.92 Å². The predicted octanol–water partition coefficient (Wildman–Crippen LogP) is 4.51. The number of thioether (sulfide) groups is 1. The number of carbonyl (C=O) groups is 1. The van der Waals surface area contributed by atoms with Crippen LogP contribution >= 0.6 is 23.1 Å². The molecular formula is C17H23N3OS2. The Morgan fingerprint density at radius 1 is 1.39 bits per heavy atom. The first-order chi connectivity index (χ1) is 11.1. The van der Waals surface area contributed by atoms with E-state index < -0.39 is 0 Å². The number of thiophene rings is 1. The standard InChI is InChI=1S/C17H23N3OS2/c1-12(21)13(2)23-17-19-18-16(11-15-9-6-10-22-15)20(17)14-7-4-3-5-8-14/h6,9-10,13-14H,3-5,7-8,11H2,1-2H3. The van der Waals surface area contributed by atoms with Crippen molar-refractivity contribution in [3.05, 3.63) is 28.2 Å². The van der Waals surface area contributed by atoms with E-state index in [1.54, 1.807) is 30.0 Å². The lowest BCUT2D eigenvalue weighted by Gasteiger charge is -2.26. The molecule has 23 heavy (non-hydrogen) atoms. The fourth-order valence-electron chi connectivity index (χ4n) is 3.02. The Kier molecular flexibility index (Phi) is 5.54. The first-order valence-electron chi connectivity index (χ1n) is 8.28. The van der Waals surface area contributed by atoms with Crippen molar-refractivity contribution in [1.29, 1.82) is 0 Å². The molecule has 3 rings (SSSR count). The van der Waals surface area contributed by atoms with Crippen molar-refractivity contribution < 1.29 is 4.79 Å². The molecule has 0 bridgehead atoms. The van der Waals surface area contributed by atoms with Gasteiger partial charge in [0.2, 0.25) is 0 Å². The second-order valence-electron chi connectivity index (χ2n) is 6.19. The molecular weight excluding hydrogens is 326 g/mol. The summed E-state index contributed by atoms with van der Waals surface area (Å²) >= 11 is 3.31. The monoisotopic (exact) mass is 349 g/mol. The van der Waals surface area contributed by atoms with Gasteiger partial charge in [-0.05, 0) is 38.1 Å². The van der Waals surface area contributed by atoms with Crippen LogP contribution in [0.3, 0.4) is 0 Å². The topological polar surface area (TPSA) is 47.8 Å². The molecule has 0 spiro atoms. The summed E-state index contributed by atoms with van der Waals surface area (Å²) in [6, 6.07) is 4.71. The van der Waals surface area contributed by atoms with E-state index in [-0.39, 0.29) is 11.0 Å². The third kappa shape index (κ3) is 4.04. The number of aromatic nitrogens is 3. The van der Waals surface area contributed by atoms with Crippen LogP contribution < -0.4 is 0 Å². The molecule has 4 nitrogen and oxygen atoms in total. The van der Waals surface area contributed by atoms with E-state index in [4.69, 9.17) is 0 Å². The fraction of sp³-hybridized carbons (Fsp3) is 0.588. The molecule has 1 saturated carbocycles. The van der Waals surface area contributed by atoms with Crippen molar-refractivity contribution in [3.63, 3.8) is 0 Å². The van der Waals surface area contributed by atoms with Crippen molar-refractivity contribution >= 4 is 28.9 Å². The highest BCUT2D eigenvalue weighted by molar-refractivity contribution is 8.00. The average molecular weight is 350 g/mol. The van der Waals surface area contributed by atoms with Gasteiger partial charge in [-0.3, -0.25) is 4.79 Å². The maximum Gasteiger partial charge on any atom is 0.192 e. The minimum atomic E-state index is -0.0730. The average Bonchev–Trinajstić information content (AvgIpc) is 3.19. The molecule has 124 valence electrons. The zero-order valence-corrected chi connectivity index (χ0v) is 15.3. The molecule has 1 aliphatic carbocycles. The number of carbonyl (C=O) groups excluding carboxylic acids is 1. The summed E-state index contributed by atoms with van der Waals surface area (Å²) in [7, 11) is 0. The van der Waals surface area contributed by atoms with Gasteiger partial charge in [0.25, 0.3) is 0 Å². The summed E-state index contributed by atoms with van der Waals surface area (Å²) in [5.41, 5.74) is 0. The van der Waals surface area contributed by atoms with Crippen molar-refractivity contribution in [3.8, 4) is 0 Å². The first kappa shape index (κ1) is 16.7. The Hall–Kier alpha value is -1.14. The largest absolute Gasteiger partial charge is 0.303 e. The molecule has 1 fully saturated rings. The summed E-state index contributed by atoms with van der Waals surface area (Å²) in [4.78, 5) is 12.9. The van der Waals surface area contributed by atoms with Crippen LogP contribution in [-0.2, 0) is 11.2 Å². The maximum atomic E-state index is 11.6. The molecule has 0 amide bonds. The molecule has 0 saturated heterocycles. The molecule has 2 aromatic rings. The summed E-state index contributed by atoms with van der Waals surface area (Å²) in [5, 5.41) is 11.8. The minimum Gasteiger partial charge on any atom is -0.303 e. The van der Waals surface area contributed by atoms with Gasteiger partial charge in [-0.1, -0.05) is 37.1 Å². The van der Waals surface area contributed by atoms with Crippen LogP contribution in [0, 0.1) is 0 Å². The van der Waals surface area contributed by atoms with Gasteiger partial charge in [0, 0.05) is 17.3 Å². The Morgan fingerprint density at radius 2 is 2.17 bits per heavy atom. The second-order valence-corrected chi connectivity index (χ2v) is 8.53. The zero-order valence-electron chi connectivity index (χ0n) is 13.7. The van der Waals surface area contributed by atoms with Gasteiger partial charge in [-0.25, -0.2) is 0 Å². The molecule has 6 heteroatoms. The maximum absolute atomic E-state index is 11.6. The normalized spacial score (nSPS) is 17.3. The first-order valence-corrected chi connectivity index (χ1v) is 10.0.